The summed E-state index contributed by atoms with van der Waals surface area (Å²) in [6.45, 7) is 0.662. The lowest BCUT2D eigenvalue weighted by molar-refractivity contribution is 0.166. The number of aliphatic hydroxyl groups excluding tert-OH is 1. The maximum atomic E-state index is 12.4. The molecule has 1 saturated heterocycles. The zero-order valence-electron chi connectivity index (χ0n) is 11.0. The van der Waals surface area contributed by atoms with Gasteiger partial charge in [-0.15, -0.1) is 0 Å². The maximum Gasteiger partial charge on any atom is 0.301 e. The molecule has 0 saturated carbocycles. The third-order valence-corrected chi connectivity index (χ3v) is 5.85. The van der Waals surface area contributed by atoms with Gasteiger partial charge in [0.25, 0.3) is 0 Å². The maximum absolute atomic E-state index is 12.4. The van der Waals surface area contributed by atoms with Crippen molar-refractivity contribution in [1.82, 2.24) is 4.31 Å². The number of anilines is 1. The Morgan fingerprint density at radius 2 is 1.90 bits per heavy atom. The second kappa shape index (κ2) is 6.89. The van der Waals surface area contributed by atoms with Crippen LogP contribution in [0.4, 0.5) is 5.69 Å². The third-order valence-electron chi connectivity index (χ3n) is 3.33. The summed E-state index contributed by atoms with van der Waals surface area (Å²) in [7, 11) is -3.75. The molecule has 2 N–H and O–H groups in total. The molecular formula is C12H15Cl3N2O3S. The molecule has 1 unspecified atom stereocenters. The first kappa shape index (κ1) is 17.1. The van der Waals surface area contributed by atoms with Crippen LogP contribution in [0.3, 0.4) is 0 Å². The lowest BCUT2D eigenvalue weighted by Gasteiger charge is -2.31. The van der Waals surface area contributed by atoms with Crippen molar-refractivity contribution in [2.45, 2.75) is 12.8 Å². The minimum Gasteiger partial charge on any atom is -0.396 e. The molecule has 1 heterocycles. The van der Waals surface area contributed by atoms with E-state index in [9.17, 15) is 13.5 Å². The van der Waals surface area contributed by atoms with E-state index in [0.29, 0.717) is 13.0 Å². The molecule has 2 rings (SSSR count). The quantitative estimate of drug-likeness (QED) is 0.797. The van der Waals surface area contributed by atoms with Crippen molar-refractivity contribution >= 4 is 50.7 Å². The second-order valence-electron chi connectivity index (χ2n) is 4.90. The molecule has 1 atom stereocenters. The van der Waals surface area contributed by atoms with Crippen molar-refractivity contribution in [1.29, 1.82) is 0 Å². The highest BCUT2D eigenvalue weighted by Crippen LogP contribution is 2.33. The number of halogens is 3. The number of rotatable bonds is 4. The van der Waals surface area contributed by atoms with E-state index in [1.54, 1.807) is 0 Å². The smallest absolute Gasteiger partial charge is 0.301 e. The molecule has 0 aromatic heterocycles. The van der Waals surface area contributed by atoms with Gasteiger partial charge in [-0.3, -0.25) is 4.72 Å². The molecule has 0 spiro atoms. The van der Waals surface area contributed by atoms with Crippen LogP contribution in [0.25, 0.3) is 0 Å². The van der Waals surface area contributed by atoms with Gasteiger partial charge in [-0.05, 0) is 30.9 Å². The Kier molecular flexibility index (Phi) is 5.62. The van der Waals surface area contributed by atoms with Crippen molar-refractivity contribution < 1.29 is 13.5 Å². The van der Waals surface area contributed by atoms with Gasteiger partial charge in [-0.1, -0.05) is 34.8 Å². The molecule has 0 amide bonds. The summed E-state index contributed by atoms with van der Waals surface area (Å²) in [4.78, 5) is 0. The fourth-order valence-corrected chi connectivity index (χ4v) is 4.20. The van der Waals surface area contributed by atoms with Gasteiger partial charge < -0.3 is 5.11 Å². The van der Waals surface area contributed by atoms with Gasteiger partial charge in [0.1, 0.15) is 0 Å². The van der Waals surface area contributed by atoms with E-state index in [4.69, 9.17) is 34.8 Å². The van der Waals surface area contributed by atoms with Gasteiger partial charge in [0, 0.05) is 19.7 Å². The van der Waals surface area contributed by atoms with Crippen molar-refractivity contribution in [3.05, 3.63) is 27.2 Å². The molecule has 1 aromatic carbocycles. The molecule has 1 aliphatic rings. The summed E-state index contributed by atoms with van der Waals surface area (Å²) in [6, 6.07) is 2.76. The summed E-state index contributed by atoms with van der Waals surface area (Å²) in [5.41, 5.74) is 0.178. The molecule has 0 aliphatic carbocycles. The molecule has 0 radical (unpaired) electrons. The number of piperidine rings is 1. The third kappa shape index (κ3) is 4.15. The summed E-state index contributed by atoms with van der Waals surface area (Å²) in [5, 5.41) is 9.82. The summed E-state index contributed by atoms with van der Waals surface area (Å²) in [5.74, 6) is -0.0420. The molecule has 118 valence electrons. The number of hydrogen-bond acceptors (Lipinski definition) is 3. The zero-order valence-corrected chi connectivity index (χ0v) is 14.1. The summed E-state index contributed by atoms with van der Waals surface area (Å²) >= 11 is 17.7. The van der Waals surface area contributed by atoms with Crippen molar-refractivity contribution in [3.63, 3.8) is 0 Å². The van der Waals surface area contributed by atoms with Crippen LogP contribution in [0.2, 0.25) is 15.1 Å². The van der Waals surface area contributed by atoms with Crippen LogP contribution in [-0.2, 0) is 10.2 Å². The van der Waals surface area contributed by atoms with E-state index < -0.39 is 10.2 Å². The standard InChI is InChI=1S/C12H15Cl3N2O3S/c13-9-4-11(15)12(5-10(9)14)16-21(19,20)17-3-1-2-8(6-17)7-18/h4-5,8,16,18H,1-3,6-7H2. The summed E-state index contributed by atoms with van der Waals surface area (Å²) in [6.07, 6.45) is 1.53. The van der Waals surface area contributed by atoms with Crippen LogP contribution in [0.1, 0.15) is 12.8 Å². The molecule has 9 heteroatoms. The number of nitrogens with one attached hydrogen (secondary N) is 1. The van der Waals surface area contributed by atoms with E-state index in [1.807, 2.05) is 0 Å². The minimum atomic E-state index is -3.75. The number of aliphatic hydroxyl groups is 1. The van der Waals surface area contributed by atoms with Gasteiger partial charge in [-0.2, -0.15) is 12.7 Å². The Morgan fingerprint density at radius 3 is 2.57 bits per heavy atom. The molecule has 1 aliphatic heterocycles. The Labute approximate surface area is 139 Å². The largest absolute Gasteiger partial charge is 0.396 e. The average molecular weight is 374 g/mol. The van der Waals surface area contributed by atoms with Crippen molar-refractivity contribution in [2.24, 2.45) is 5.92 Å². The molecule has 21 heavy (non-hydrogen) atoms. The fraction of sp³-hybridized carbons (Fsp3) is 0.500. The Hall–Kier alpha value is -0.240. The molecule has 5 nitrogen and oxygen atoms in total. The molecule has 1 aromatic rings. The van der Waals surface area contributed by atoms with Crippen LogP contribution in [-0.4, -0.2) is 37.5 Å². The summed E-state index contributed by atoms with van der Waals surface area (Å²) < 4.78 is 28.4. The van der Waals surface area contributed by atoms with Gasteiger partial charge in [0.05, 0.1) is 20.8 Å². The highest BCUT2D eigenvalue weighted by molar-refractivity contribution is 7.90. The van der Waals surface area contributed by atoms with Crippen LogP contribution in [0.15, 0.2) is 12.1 Å². The fourth-order valence-electron chi connectivity index (χ4n) is 2.20. The predicted octanol–water partition coefficient (Wildman–Crippen LogP) is 3.01. The van der Waals surface area contributed by atoms with Crippen LogP contribution < -0.4 is 4.72 Å². The zero-order chi connectivity index (χ0) is 15.6. The SMILES string of the molecule is O=S(=O)(Nc1cc(Cl)c(Cl)cc1Cl)N1CCCC(CO)C1. The Bertz CT molecular complexity index is 624. The molecule has 0 bridgehead atoms. The topological polar surface area (TPSA) is 69.6 Å². The lowest BCUT2D eigenvalue weighted by Crippen LogP contribution is -2.43. The van der Waals surface area contributed by atoms with E-state index in [0.717, 1.165) is 6.42 Å². The van der Waals surface area contributed by atoms with Crippen LogP contribution in [0.5, 0.6) is 0 Å². The molecule has 1 fully saturated rings. The van der Waals surface area contributed by atoms with E-state index in [2.05, 4.69) is 4.72 Å². The average Bonchev–Trinajstić information content (AvgIpc) is 2.44. The van der Waals surface area contributed by atoms with Gasteiger partial charge in [0.2, 0.25) is 0 Å². The molecular weight excluding hydrogens is 359 g/mol. The van der Waals surface area contributed by atoms with E-state index in [-0.39, 0.29) is 39.8 Å². The van der Waals surface area contributed by atoms with Crippen LogP contribution >= 0.6 is 34.8 Å². The first-order valence-electron chi connectivity index (χ1n) is 6.37. The minimum absolute atomic E-state index is 0.0282. The second-order valence-corrected chi connectivity index (χ2v) is 7.79. The van der Waals surface area contributed by atoms with Gasteiger partial charge in [0.15, 0.2) is 0 Å². The van der Waals surface area contributed by atoms with Gasteiger partial charge in [-0.25, -0.2) is 0 Å². The lowest BCUT2D eigenvalue weighted by atomic mass is 10.0. The van der Waals surface area contributed by atoms with Crippen molar-refractivity contribution in [2.75, 3.05) is 24.4 Å². The van der Waals surface area contributed by atoms with E-state index >= 15 is 0 Å². The normalized spacial score (nSPS) is 20.5. The first-order valence-corrected chi connectivity index (χ1v) is 8.94. The monoisotopic (exact) mass is 372 g/mol. The van der Waals surface area contributed by atoms with E-state index in [1.165, 1.54) is 16.4 Å². The van der Waals surface area contributed by atoms with Crippen LogP contribution in [0, 0.1) is 5.92 Å². The number of nitrogens with zero attached hydrogens (tertiary/aromatic N) is 1. The first-order chi connectivity index (χ1) is 9.83. The Balaban J connectivity index is 2.19. The Morgan fingerprint density at radius 1 is 1.24 bits per heavy atom. The predicted molar refractivity (Wildman–Crippen MR) is 85.4 cm³/mol. The van der Waals surface area contributed by atoms with Gasteiger partial charge >= 0.3 is 10.2 Å². The highest BCUT2D eigenvalue weighted by Gasteiger charge is 2.29. The van der Waals surface area contributed by atoms with Crippen molar-refractivity contribution in [3.8, 4) is 0 Å². The number of benzene rings is 1. The highest BCUT2D eigenvalue weighted by atomic mass is 35.5. The number of hydrogen-bond donors (Lipinski definition) is 2.